The van der Waals surface area contributed by atoms with Crippen molar-refractivity contribution >= 4 is 34.9 Å². The largest absolute Gasteiger partial charge is 0.416 e. The van der Waals surface area contributed by atoms with Gasteiger partial charge < -0.3 is 11.1 Å². The molecule has 3 aromatic heterocycles. The molecule has 0 aliphatic carbocycles. The van der Waals surface area contributed by atoms with Gasteiger partial charge in [-0.15, -0.1) is 0 Å². The van der Waals surface area contributed by atoms with Crippen LogP contribution < -0.4 is 16.4 Å². The van der Waals surface area contributed by atoms with E-state index in [0.717, 1.165) is 12.3 Å². The Balaban J connectivity index is 1.59. The second kappa shape index (κ2) is 8.22. The summed E-state index contributed by atoms with van der Waals surface area (Å²) in [4.78, 5) is 19.8. The molecule has 0 fully saturated rings. The molecule has 4 rings (SSSR count). The van der Waals surface area contributed by atoms with E-state index in [1.54, 1.807) is 12.3 Å². The molecule has 0 unspecified atom stereocenters. The second-order valence-electron chi connectivity index (χ2n) is 6.80. The molecule has 0 aliphatic rings. The summed E-state index contributed by atoms with van der Waals surface area (Å²) in [6, 6.07) is 4.48. The fourth-order valence-corrected chi connectivity index (χ4v) is 3.23. The minimum atomic E-state index is -4.60. The summed E-state index contributed by atoms with van der Waals surface area (Å²) < 4.78 is 54.7. The first kappa shape index (κ1) is 21.7. The zero-order chi connectivity index (χ0) is 23.8. The number of hydrogen-bond donors (Lipinski definition) is 3. The van der Waals surface area contributed by atoms with Gasteiger partial charge in [0.15, 0.2) is 5.82 Å². The summed E-state index contributed by atoms with van der Waals surface area (Å²) in [5.41, 5.74) is 6.85. The quantitative estimate of drug-likeness (QED) is 0.381. The van der Waals surface area contributed by atoms with E-state index < -0.39 is 23.6 Å². The van der Waals surface area contributed by atoms with Gasteiger partial charge in [-0.3, -0.25) is 5.32 Å². The first-order valence-corrected chi connectivity index (χ1v) is 9.33. The summed E-state index contributed by atoms with van der Waals surface area (Å²) in [6.07, 6.45) is 0.811. The van der Waals surface area contributed by atoms with E-state index in [9.17, 15) is 22.4 Å². The predicted molar refractivity (Wildman–Crippen MR) is 115 cm³/mol. The van der Waals surface area contributed by atoms with Crippen molar-refractivity contribution in [2.75, 3.05) is 16.4 Å². The van der Waals surface area contributed by atoms with Gasteiger partial charge in [-0.2, -0.15) is 18.3 Å². The number of amides is 2. The Morgan fingerprint density at radius 1 is 1.15 bits per heavy atom. The fraction of sp³-hybridized carbons (Fsp3) is 0.0476. The summed E-state index contributed by atoms with van der Waals surface area (Å²) in [5.74, 6) is -0.946. The molecule has 168 valence electrons. The van der Waals surface area contributed by atoms with Crippen LogP contribution in [0.25, 0.3) is 22.7 Å². The van der Waals surface area contributed by atoms with Crippen LogP contribution in [-0.4, -0.2) is 25.6 Å². The average Bonchev–Trinajstić information content (AvgIpc) is 3.15. The van der Waals surface area contributed by atoms with Gasteiger partial charge in [-0.1, -0.05) is 18.7 Å². The molecule has 0 spiro atoms. The zero-order valence-corrected chi connectivity index (χ0v) is 16.7. The molecule has 1 aromatic carbocycles. The lowest BCUT2D eigenvalue weighted by Crippen LogP contribution is -2.21. The number of carbonyl (C=O) groups excluding carboxylic acids is 1. The van der Waals surface area contributed by atoms with Crippen LogP contribution in [0.15, 0.2) is 55.6 Å². The molecular weight excluding hydrogens is 442 g/mol. The van der Waals surface area contributed by atoms with Crippen LogP contribution in [0.3, 0.4) is 0 Å². The molecular formula is C21H15F4N7O. The minimum Gasteiger partial charge on any atom is -0.382 e. The van der Waals surface area contributed by atoms with E-state index in [2.05, 4.69) is 32.3 Å². The highest BCUT2D eigenvalue weighted by Gasteiger charge is 2.30. The molecule has 0 bridgehead atoms. The average molecular weight is 457 g/mol. The van der Waals surface area contributed by atoms with E-state index in [4.69, 9.17) is 5.73 Å². The van der Waals surface area contributed by atoms with E-state index in [1.165, 1.54) is 29.0 Å². The number of anilines is 3. The number of nitrogens with zero attached hydrogens (tertiary/aromatic N) is 4. The van der Waals surface area contributed by atoms with Crippen molar-refractivity contribution < 1.29 is 22.4 Å². The number of halogens is 4. The minimum absolute atomic E-state index is 0.184. The van der Waals surface area contributed by atoms with Gasteiger partial charge in [-0.25, -0.2) is 23.7 Å². The molecule has 0 saturated heterocycles. The van der Waals surface area contributed by atoms with Crippen molar-refractivity contribution in [3.8, 4) is 11.1 Å². The third kappa shape index (κ3) is 4.31. The summed E-state index contributed by atoms with van der Waals surface area (Å²) in [6.45, 7) is 3.74. The van der Waals surface area contributed by atoms with Gasteiger partial charge in [0.1, 0.15) is 23.5 Å². The summed E-state index contributed by atoms with van der Waals surface area (Å²) >= 11 is 0. The molecule has 8 nitrogen and oxygen atoms in total. The number of nitrogen functional groups attached to an aromatic ring is 1. The monoisotopic (exact) mass is 457 g/mol. The lowest BCUT2D eigenvalue weighted by Gasteiger charge is -2.11. The molecule has 33 heavy (non-hydrogen) atoms. The van der Waals surface area contributed by atoms with Gasteiger partial charge in [0.2, 0.25) is 0 Å². The first-order valence-electron chi connectivity index (χ1n) is 9.33. The number of alkyl halides is 3. The van der Waals surface area contributed by atoms with Gasteiger partial charge >= 0.3 is 12.2 Å². The maximum atomic E-state index is 14.8. The Morgan fingerprint density at radius 3 is 2.64 bits per heavy atom. The standard InChI is InChI=1S/C21H15F4N7O/c1-2-11-9-32-18(19(26)28-10-29-32)17(11)12-3-4-15(14(22)7-12)30-20(33)31-16-8-13(5-6-27-16)21(23,24)25/h2-10H,1H2,(H2,26,28,29)(H2,27,30,31,33). The highest BCUT2D eigenvalue weighted by Crippen LogP contribution is 2.34. The Bertz CT molecular complexity index is 1380. The Labute approximate surface area is 183 Å². The van der Waals surface area contributed by atoms with E-state index in [1.807, 2.05) is 0 Å². The lowest BCUT2D eigenvalue weighted by molar-refractivity contribution is -0.137. The van der Waals surface area contributed by atoms with Gasteiger partial charge in [0.05, 0.1) is 11.3 Å². The number of nitrogens with two attached hydrogens (primary N) is 1. The number of carbonyl (C=O) groups is 1. The SMILES string of the molecule is C=Cc1cn2ncnc(N)c2c1-c1ccc(NC(=O)Nc2cc(C(F)(F)F)ccn2)c(F)c1. The van der Waals surface area contributed by atoms with Crippen LogP contribution in [0, 0.1) is 5.82 Å². The van der Waals surface area contributed by atoms with Crippen LogP contribution in [-0.2, 0) is 6.18 Å². The number of rotatable bonds is 4. The molecule has 0 aliphatic heterocycles. The van der Waals surface area contributed by atoms with Crippen LogP contribution in [0.5, 0.6) is 0 Å². The van der Waals surface area contributed by atoms with E-state index in [-0.39, 0.29) is 17.3 Å². The highest BCUT2D eigenvalue weighted by atomic mass is 19.4. The number of fused-ring (bicyclic) bond motifs is 1. The summed E-state index contributed by atoms with van der Waals surface area (Å²) in [7, 11) is 0. The number of pyridine rings is 1. The van der Waals surface area contributed by atoms with Crippen molar-refractivity contribution in [3.63, 3.8) is 0 Å². The Hall–Kier alpha value is -4.48. The number of nitrogens with one attached hydrogen (secondary N) is 2. The molecule has 2 amide bonds. The maximum Gasteiger partial charge on any atom is 0.416 e. The van der Waals surface area contributed by atoms with Crippen molar-refractivity contribution in [2.45, 2.75) is 6.18 Å². The molecule has 3 heterocycles. The number of hydrogen-bond acceptors (Lipinski definition) is 5. The predicted octanol–water partition coefficient (Wildman–Crippen LogP) is 4.82. The molecule has 0 atom stereocenters. The smallest absolute Gasteiger partial charge is 0.382 e. The third-order valence-corrected chi connectivity index (χ3v) is 4.69. The van der Waals surface area contributed by atoms with Gasteiger partial charge in [0, 0.05) is 23.5 Å². The second-order valence-corrected chi connectivity index (χ2v) is 6.80. The van der Waals surface area contributed by atoms with Crippen molar-refractivity contribution in [1.29, 1.82) is 0 Å². The maximum absolute atomic E-state index is 14.8. The summed E-state index contributed by atoms with van der Waals surface area (Å²) in [5, 5.41) is 8.47. The van der Waals surface area contributed by atoms with Gasteiger partial charge in [-0.05, 0) is 29.8 Å². The molecule has 4 N–H and O–H groups in total. The third-order valence-electron chi connectivity index (χ3n) is 4.69. The van der Waals surface area contributed by atoms with Crippen LogP contribution >= 0.6 is 0 Å². The Morgan fingerprint density at radius 2 is 1.94 bits per heavy atom. The van der Waals surface area contributed by atoms with E-state index in [0.29, 0.717) is 28.3 Å². The van der Waals surface area contributed by atoms with Crippen LogP contribution in [0.2, 0.25) is 0 Å². The number of benzene rings is 1. The zero-order valence-electron chi connectivity index (χ0n) is 16.7. The topological polar surface area (TPSA) is 110 Å². The number of aromatic nitrogens is 4. The van der Waals surface area contributed by atoms with E-state index >= 15 is 0 Å². The van der Waals surface area contributed by atoms with Crippen molar-refractivity contribution in [3.05, 3.63) is 72.6 Å². The van der Waals surface area contributed by atoms with Crippen LogP contribution in [0.1, 0.15) is 11.1 Å². The molecule has 4 aromatic rings. The lowest BCUT2D eigenvalue weighted by atomic mass is 10.0. The van der Waals surface area contributed by atoms with Gasteiger partial charge in [0.25, 0.3) is 0 Å². The van der Waals surface area contributed by atoms with Crippen molar-refractivity contribution in [1.82, 2.24) is 19.6 Å². The highest BCUT2D eigenvalue weighted by molar-refractivity contribution is 6.00. The fourth-order valence-electron chi connectivity index (χ4n) is 3.23. The molecule has 0 saturated carbocycles. The number of urea groups is 1. The van der Waals surface area contributed by atoms with Crippen molar-refractivity contribution in [2.24, 2.45) is 0 Å². The van der Waals surface area contributed by atoms with Crippen LogP contribution in [0.4, 0.5) is 39.7 Å². The first-order chi connectivity index (χ1) is 15.7. The Kier molecular flexibility index (Phi) is 5.42. The molecule has 0 radical (unpaired) electrons. The molecule has 12 heteroatoms. The normalized spacial score (nSPS) is 11.4.